The maximum absolute atomic E-state index is 12.2. The number of hydrogen-bond acceptors (Lipinski definition) is 2. The molecule has 0 aliphatic rings. The van der Waals surface area contributed by atoms with E-state index in [-0.39, 0.29) is 18.2 Å². The molecule has 2 amide bonds. The molecule has 0 aromatic heterocycles. The smallest absolute Gasteiger partial charge is 0.233 e. The number of nitrogens with one attached hydrogen (secondary N) is 2. The Kier molecular flexibility index (Phi) is 5.99. The standard InChI is InChI=1S/C19H21ClN2O2/c1-12(2)14-8-6-7-13(3)19(14)22-18(24)11-17(23)21-16-10-5-4-9-15(16)20/h4-10,12H,11H2,1-3H3,(H,21,23)(H,22,24). The zero-order valence-electron chi connectivity index (χ0n) is 14.0. The molecule has 0 fully saturated rings. The maximum atomic E-state index is 12.2. The van der Waals surface area contributed by atoms with Crippen molar-refractivity contribution < 1.29 is 9.59 Å². The van der Waals surface area contributed by atoms with Gasteiger partial charge in [0.05, 0.1) is 10.7 Å². The van der Waals surface area contributed by atoms with Crippen LogP contribution < -0.4 is 10.6 Å². The zero-order valence-corrected chi connectivity index (χ0v) is 14.8. The lowest BCUT2D eigenvalue weighted by Gasteiger charge is -2.16. The Morgan fingerprint density at radius 3 is 2.33 bits per heavy atom. The Labute approximate surface area is 147 Å². The van der Waals surface area contributed by atoms with Crippen LogP contribution in [0.3, 0.4) is 0 Å². The second-order valence-electron chi connectivity index (χ2n) is 5.95. The fourth-order valence-electron chi connectivity index (χ4n) is 2.43. The molecule has 2 rings (SSSR count). The van der Waals surface area contributed by atoms with Crippen molar-refractivity contribution in [3.63, 3.8) is 0 Å². The second-order valence-corrected chi connectivity index (χ2v) is 6.35. The van der Waals surface area contributed by atoms with Gasteiger partial charge in [0.2, 0.25) is 11.8 Å². The molecule has 126 valence electrons. The minimum Gasteiger partial charge on any atom is -0.325 e. The third kappa shape index (κ3) is 4.59. The van der Waals surface area contributed by atoms with Gasteiger partial charge in [-0.25, -0.2) is 0 Å². The number of hydrogen-bond donors (Lipinski definition) is 2. The summed E-state index contributed by atoms with van der Waals surface area (Å²) < 4.78 is 0. The van der Waals surface area contributed by atoms with E-state index in [2.05, 4.69) is 24.5 Å². The van der Waals surface area contributed by atoms with E-state index in [0.717, 1.165) is 16.8 Å². The van der Waals surface area contributed by atoms with E-state index in [9.17, 15) is 9.59 Å². The molecule has 0 radical (unpaired) electrons. The number of benzene rings is 2. The number of para-hydroxylation sites is 2. The van der Waals surface area contributed by atoms with Crippen molar-refractivity contribution in [2.24, 2.45) is 0 Å². The largest absolute Gasteiger partial charge is 0.325 e. The molecule has 2 aromatic rings. The number of carbonyl (C=O) groups is 2. The van der Waals surface area contributed by atoms with Crippen molar-refractivity contribution in [1.82, 2.24) is 0 Å². The Morgan fingerprint density at radius 2 is 1.67 bits per heavy atom. The summed E-state index contributed by atoms with van der Waals surface area (Å²) in [6.07, 6.45) is -0.267. The molecule has 4 nitrogen and oxygen atoms in total. The molecule has 0 unspecified atom stereocenters. The molecule has 0 saturated carbocycles. The third-order valence-electron chi connectivity index (χ3n) is 3.66. The van der Waals surface area contributed by atoms with Crippen LogP contribution in [0.4, 0.5) is 11.4 Å². The van der Waals surface area contributed by atoms with Gasteiger partial charge in [0.25, 0.3) is 0 Å². The predicted octanol–water partition coefficient (Wildman–Crippen LogP) is 4.74. The SMILES string of the molecule is Cc1cccc(C(C)C)c1NC(=O)CC(=O)Nc1ccccc1Cl. The van der Waals surface area contributed by atoms with Crippen LogP contribution >= 0.6 is 11.6 Å². The van der Waals surface area contributed by atoms with Crippen LogP contribution in [0.15, 0.2) is 42.5 Å². The summed E-state index contributed by atoms with van der Waals surface area (Å²) >= 11 is 6.00. The van der Waals surface area contributed by atoms with Crippen LogP contribution in [0.2, 0.25) is 5.02 Å². The van der Waals surface area contributed by atoms with Crippen molar-refractivity contribution in [2.75, 3.05) is 10.6 Å². The molecule has 24 heavy (non-hydrogen) atoms. The summed E-state index contributed by atoms with van der Waals surface area (Å²) in [6.45, 7) is 6.06. The minimum absolute atomic E-state index is 0.267. The van der Waals surface area contributed by atoms with Crippen LogP contribution in [-0.4, -0.2) is 11.8 Å². The summed E-state index contributed by atoms with van der Waals surface area (Å²) in [5, 5.41) is 5.94. The van der Waals surface area contributed by atoms with Crippen LogP contribution in [-0.2, 0) is 9.59 Å². The first-order valence-corrected chi connectivity index (χ1v) is 8.20. The average molecular weight is 345 g/mol. The fraction of sp³-hybridized carbons (Fsp3) is 0.263. The van der Waals surface area contributed by atoms with Crippen LogP contribution in [0.1, 0.15) is 37.3 Å². The highest BCUT2D eigenvalue weighted by atomic mass is 35.5. The summed E-state index contributed by atoms with van der Waals surface area (Å²) in [7, 11) is 0. The van der Waals surface area contributed by atoms with Crippen molar-refractivity contribution in [3.8, 4) is 0 Å². The van der Waals surface area contributed by atoms with E-state index >= 15 is 0 Å². The van der Waals surface area contributed by atoms with E-state index in [4.69, 9.17) is 11.6 Å². The van der Waals surface area contributed by atoms with Crippen molar-refractivity contribution in [3.05, 3.63) is 58.6 Å². The van der Waals surface area contributed by atoms with Gasteiger partial charge < -0.3 is 10.6 Å². The van der Waals surface area contributed by atoms with Crippen molar-refractivity contribution in [2.45, 2.75) is 33.1 Å². The summed E-state index contributed by atoms with van der Waals surface area (Å²) in [6, 6.07) is 12.8. The monoisotopic (exact) mass is 344 g/mol. The minimum atomic E-state index is -0.403. The highest BCUT2D eigenvalue weighted by Gasteiger charge is 2.15. The fourth-order valence-corrected chi connectivity index (χ4v) is 2.61. The van der Waals surface area contributed by atoms with E-state index < -0.39 is 5.91 Å². The maximum Gasteiger partial charge on any atom is 0.233 e. The number of rotatable bonds is 5. The summed E-state index contributed by atoms with van der Waals surface area (Å²) in [4.78, 5) is 24.3. The van der Waals surface area contributed by atoms with E-state index in [1.807, 2.05) is 25.1 Å². The molecule has 2 aromatic carbocycles. The van der Waals surface area contributed by atoms with E-state index in [0.29, 0.717) is 10.7 Å². The molecule has 0 aliphatic carbocycles. The summed E-state index contributed by atoms with van der Waals surface area (Å²) in [5.41, 5.74) is 3.30. The number of halogens is 1. The number of anilines is 2. The van der Waals surface area contributed by atoms with Gasteiger partial charge >= 0.3 is 0 Å². The summed E-state index contributed by atoms with van der Waals surface area (Å²) in [5.74, 6) is -0.479. The molecular weight excluding hydrogens is 324 g/mol. The molecule has 0 spiro atoms. The van der Waals surface area contributed by atoms with Crippen LogP contribution in [0.5, 0.6) is 0 Å². The number of amides is 2. The third-order valence-corrected chi connectivity index (χ3v) is 3.99. The van der Waals surface area contributed by atoms with Crippen molar-refractivity contribution in [1.29, 1.82) is 0 Å². The highest BCUT2D eigenvalue weighted by molar-refractivity contribution is 6.33. The zero-order chi connectivity index (χ0) is 17.7. The molecular formula is C19H21ClN2O2. The van der Waals surface area contributed by atoms with Crippen LogP contribution in [0, 0.1) is 6.92 Å². The van der Waals surface area contributed by atoms with Gasteiger partial charge in [-0.15, -0.1) is 0 Å². The van der Waals surface area contributed by atoms with Gasteiger partial charge in [-0.05, 0) is 36.1 Å². The Bertz CT molecular complexity index is 757. The molecule has 0 saturated heterocycles. The van der Waals surface area contributed by atoms with Gasteiger partial charge in [-0.1, -0.05) is 55.8 Å². The first kappa shape index (κ1) is 18.0. The van der Waals surface area contributed by atoms with Gasteiger partial charge in [-0.2, -0.15) is 0 Å². The van der Waals surface area contributed by atoms with Crippen LogP contribution in [0.25, 0.3) is 0 Å². The molecule has 2 N–H and O–H groups in total. The molecule has 0 bridgehead atoms. The molecule has 5 heteroatoms. The highest BCUT2D eigenvalue weighted by Crippen LogP contribution is 2.27. The molecule has 0 atom stereocenters. The number of carbonyl (C=O) groups excluding carboxylic acids is 2. The molecule has 0 aliphatic heterocycles. The first-order chi connectivity index (χ1) is 11.4. The topological polar surface area (TPSA) is 58.2 Å². The van der Waals surface area contributed by atoms with Gasteiger partial charge in [0.1, 0.15) is 6.42 Å². The van der Waals surface area contributed by atoms with E-state index in [1.54, 1.807) is 24.3 Å². The van der Waals surface area contributed by atoms with Gasteiger partial charge in [-0.3, -0.25) is 9.59 Å². The lowest BCUT2D eigenvalue weighted by Crippen LogP contribution is -2.22. The lowest BCUT2D eigenvalue weighted by molar-refractivity contribution is -0.123. The Balaban J connectivity index is 2.04. The first-order valence-electron chi connectivity index (χ1n) is 7.82. The second kappa shape index (κ2) is 7.97. The van der Waals surface area contributed by atoms with Gasteiger partial charge in [0.15, 0.2) is 0 Å². The predicted molar refractivity (Wildman–Crippen MR) is 98.6 cm³/mol. The number of aryl methyl sites for hydroxylation is 1. The Hall–Kier alpha value is -2.33. The quantitative estimate of drug-likeness (QED) is 0.770. The van der Waals surface area contributed by atoms with Crippen molar-refractivity contribution >= 4 is 34.8 Å². The average Bonchev–Trinajstić information content (AvgIpc) is 2.51. The normalized spacial score (nSPS) is 10.5. The van der Waals surface area contributed by atoms with E-state index in [1.165, 1.54) is 0 Å². The Morgan fingerprint density at radius 1 is 1.00 bits per heavy atom. The van der Waals surface area contributed by atoms with Gasteiger partial charge in [0, 0.05) is 5.69 Å². The lowest BCUT2D eigenvalue weighted by atomic mass is 9.98. The molecule has 0 heterocycles.